The number of aryl methyl sites for hydroxylation is 1. The van der Waals surface area contributed by atoms with Crippen molar-refractivity contribution >= 4 is 11.6 Å². The van der Waals surface area contributed by atoms with Crippen molar-refractivity contribution in [2.24, 2.45) is 5.73 Å². The number of halogens is 1. The summed E-state index contributed by atoms with van der Waals surface area (Å²) in [4.78, 5) is 0. The van der Waals surface area contributed by atoms with Crippen molar-refractivity contribution in [2.45, 2.75) is 25.8 Å². The summed E-state index contributed by atoms with van der Waals surface area (Å²) in [5.74, 6) is 2.58. The molecule has 0 aliphatic carbocycles. The van der Waals surface area contributed by atoms with E-state index in [1.165, 1.54) is 0 Å². The lowest BCUT2D eigenvalue weighted by Crippen LogP contribution is -2.09. The third kappa shape index (κ3) is 2.77. The zero-order chi connectivity index (χ0) is 10.6. The smallest absolute Gasteiger partial charge is 0.0438 e. The zero-order valence-corrected chi connectivity index (χ0v) is 9.01. The molecule has 0 fully saturated rings. The van der Waals surface area contributed by atoms with Crippen LogP contribution < -0.4 is 5.73 Å². The SMILES string of the molecule is C#CCCC(N)c1ccc(C)c(Cl)c1. The van der Waals surface area contributed by atoms with Crippen LogP contribution in [-0.2, 0) is 0 Å². The Bertz CT molecular complexity index is 352. The molecule has 1 nitrogen and oxygen atoms in total. The molecule has 1 atom stereocenters. The Kier molecular flexibility index (Phi) is 4.00. The molecule has 0 amide bonds. The summed E-state index contributed by atoms with van der Waals surface area (Å²) in [6.45, 7) is 1.97. The number of benzene rings is 1. The first-order valence-electron chi connectivity index (χ1n) is 4.60. The summed E-state index contributed by atoms with van der Waals surface area (Å²) in [5, 5.41) is 0.763. The molecule has 0 spiro atoms. The second kappa shape index (κ2) is 5.05. The van der Waals surface area contributed by atoms with E-state index >= 15 is 0 Å². The molecule has 1 unspecified atom stereocenters. The van der Waals surface area contributed by atoms with Crippen LogP contribution in [-0.4, -0.2) is 0 Å². The maximum absolute atomic E-state index is 6.00. The maximum atomic E-state index is 6.00. The molecule has 1 aromatic rings. The van der Waals surface area contributed by atoms with Gasteiger partial charge in [0.15, 0.2) is 0 Å². The molecule has 2 N–H and O–H groups in total. The Morgan fingerprint density at radius 1 is 1.57 bits per heavy atom. The molecule has 0 saturated carbocycles. The Hall–Kier alpha value is -0.970. The molecule has 0 aliphatic heterocycles. The van der Waals surface area contributed by atoms with Gasteiger partial charge in [-0.25, -0.2) is 0 Å². The van der Waals surface area contributed by atoms with Crippen molar-refractivity contribution in [3.8, 4) is 12.3 Å². The Morgan fingerprint density at radius 3 is 2.86 bits per heavy atom. The van der Waals surface area contributed by atoms with E-state index in [9.17, 15) is 0 Å². The molecule has 74 valence electrons. The fourth-order valence-electron chi connectivity index (χ4n) is 1.25. The van der Waals surface area contributed by atoms with Gasteiger partial charge in [-0.1, -0.05) is 23.7 Å². The van der Waals surface area contributed by atoms with Gasteiger partial charge in [0.05, 0.1) is 0 Å². The highest BCUT2D eigenvalue weighted by Gasteiger charge is 2.06. The molecule has 0 bridgehead atoms. The second-order valence-electron chi connectivity index (χ2n) is 3.36. The van der Waals surface area contributed by atoms with Gasteiger partial charge in [-0.05, 0) is 30.5 Å². The van der Waals surface area contributed by atoms with Crippen LogP contribution in [0.15, 0.2) is 18.2 Å². The molecule has 0 aromatic heterocycles. The molecule has 0 aliphatic rings. The van der Waals surface area contributed by atoms with E-state index in [1.807, 2.05) is 25.1 Å². The molecule has 0 heterocycles. The summed E-state index contributed by atoms with van der Waals surface area (Å²) in [5.41, 5.74) is 8.07. The van der Waals surface area contributed by atoms with Crippen LogP contribution in [0.4, 0.5) is 0 Å². The Morgan fingerprint density at radius 2 is 2.29 bits per heavy atom. The van der Waals surface area contributed by atoms with Crippen LogP contribution >= 0.6 is 11.6 Å². The van der Waals surface area contributed by atoms with Crippen molar-refractivity contribution in [3.05, 3.63) is 34.3 Å². The van der Waals surface area contributed by atoms with Crippen molar-refractivity contribution in [3.63, 3.8) is 0 Å². The molecule has 1 aromatic carbocycles. The quantitative estimate of drug-likeness (QED) is 0.758. The topological polar surface area (TPSA) is 26.0 Å². The van der Waals surface area contributed by atoms with Gasteiger partial charge in [0.1, 0.15) is 0 Å². The highest BCUT2D eigenvalue weighted by atomic mass is 35.5. The van der Waals surface area contributed by atoms with Gasteiger partial charge in [0.2, 0.25) is 0 Å². The lowest BCUT2D eigenvalue weighted by atomic mass is 10.0. The largest absolute Gasteiger partial charge is 0.324 e. The summed E-state index contributed by atoms with van der Waals surface area (Å²) in [7, 11) is 0. The normalized spacial score (nSPS) is 12.1. The highest BCUT2D eigenvalue weighted by Crippen LogP contribution is 2.22. The van der Waals surface area contributed by atoms with E-state index in [0.717, 1.165) is 22.6 Å². The van der Waals surface area contributed by atoms with E-state index in [-0.39, 0.29) is 6.04 Å². The molecular weight excluding hydrogens is 194 g/mol. The Labute approximate surface area is 90.3 Å². The molecule has 1 rings (SSSR count). The van der Waals surface area contributed by atoms with E-state index in [4.69, 9.17) is 23.8 Å². The average Bonchev–Trinajstić information content (AvgIpc) is 2.18. The average molecular weight is 208 g/mol. The van der Waals surface area contributed by atoms with Crippen molar-refractivity contribution in [1.82, 2.24) is 0 Å². The van der Waals surface area contributed by atoms with Crippen molar-refractivity contribution in [2.75, 3.05) is 0 Å². The first-order chi connectivity index (χ1) is 6.65. The van der Waals surface area contributed by atoms with Crippen LogP contribution in [0.5, 0.6) is 0 Å². The number of terminal acetylenes is 1. The maximum Gasteiger partial charge on any atom is 0.0438 e. The van der Waals surface area contributed by atoms with Crippen LogP contribution in [0.2, 0.25) is 5.02 Å². The number of nitrogens with two attached hydrogens (primary N) is 1. The van der Waals surface area contributed by atoms with Crippen LogP contribution in [0, 0.1) is 19.3 Å². The van der Waals surface area contributed by atoms with Crippen LogP contribution in [0.25, 0.3) is 0 Å². The van der Waals surface area contributed by atoms with E-state index in [2.05, 4.69) is 5.92 Å². The van der Waals surface area contributed by atoms with E-state index in [1.54, 1.807) is 0 Å². The van der Waals surface area contributed by atoms with Gasteiger partial charge in [0.25, 0.3) is 0 Å². The molecule has 2 heteroatoms. The predicted molar refractivity (Wildman–Crippen MR) is 61.2 cm³/mol. The van der Waals surface area contributed by atoms with Gasteiger partial charge in [-0.3, -0.25) is 0 Å². The molecule has 0 radical (unpaired) electrons. The fraction of sp³-hybridized carbons (Fsp3) is 0.333. The van der Waals surface area contributed by atoms with Crippen LogP contribution in [0.3, 0.4) is 0 Å². The van der Waals surface area contributed by atoms with Gasteiger partial charge >= 0.3 is 0 Å². The summed E-state index contributed by atoms with van der Waals surface area (Å²) in [6, 6.07) is 5.89. The van der Waals surface area contributed by atoms with Gasteiger partial charge in [-0.2, -0.15) is 0 Å². The van der Waals surface area contributed by atoms with Gasteiger partial charge < -0.3 is 5.73 Å². The number of hydrogen-bond donors (Lipinski definition) is 1. The van der Waals surface area contributed by atoms with Crippen molar-refractivity contribution in [1.29, 1.82) is 0 Å². The standard InChI is InChI=1S/C12H14ClN/c1-3-4-5-12(14)10-7-6-9(2)11(13)8-10/h1,6-8,12H,4-5,14H2,2H3. The lowest BCUT2D eigenvalue weighted by Gasteiger charge is -2.11. The minimum atomic E-state index is -0.0100. The minimum Gasteiger partial charge on any atom is -0.324 e. The molecule has 0 saturated heterocycles. The Balaban J connectivity index is 2.76. The summed E-state index contributed by atoms with van der Waals surface area (Å²) in [6.07, 6.45) is 6.68. The monoisotopic (exact) mass is 207 g/mol. The first kappa shape index (κ1) is 11.1. The predicted octanol–water partition coefficient (Wildman–Crippen LogP) is 3.06. The van der Waals surface area contributed by atoms with Gasteiger partial charge in [0, 0.05) is 17.5 Å². The summed E-state index contributed by atoms with van der Waals surface area (Å²) >= 11 is 6.00. The molecule has 14 heavy (non-hydrogen) atoms. The number of rotatable bonds is 3. The zero-order valence-electron chi connectivity index (χ0n) is 8.26. The fourth-order valence-corrected chi connectivity index (χ4v) is 1.43. The highest BCUT2D eigenvalue weighted by molar-refractivity contribution is 6.31. The lowest BCUT2D eigenvalue weighted by molar-refractivity contribution is 0.668. The van der Waals surface area contributed by atoms with Crippen LogP contribution in [0.1, 0.15) is 30.0 Å². The van der Waals surface area contributed by atoms with E-state index < -0.39 is 0 Å². The number of hydrogen-bond acceptors (Lipinski definition) is 1. The third-order valence-corrected chi connectivity index (χ3v) is 2.63. The minimum absolute atomic E-state index is 0.0100. The summed E-state index contributed by atoms with van der Waals surface area (Å²) < 4.78 is 0. The second-order valence-corrected chi connectivity index (χ2v) is 3.77. The van der Waals surface area contributed by atoms with E-state index in [0.29, 0.717) is 6.42 Å². The van der Waals surface area contributed by atoms with Crippen molar-refractivity contribution < 1.29 is 0 Å². The third-order valence-electron chi connectivity index (χ3n) is 2.22. The van der Waals surface area contributed by atoms with Gasteiger partial charge in [-0.15, -0.1) is 12.3 Å². The first-order valence-corrected chi connectivity index (χ1v) is 4.98. The molecular formula is C12H14ClN.